The van der Waals surface area contributed by atoms with Crippen LogP contribution in [0.4, 0.5) is 21.9 Å². The highest BCUT2D eigenvalue weighted by atomic mass is 16.7. The van der Waals surface area contributed by atoms with Crippen LogP contribution >= 0.6 is 0 Å². The fourth-order valence-electron chi connectivity index (χ4n) is 5.60. The average molecular weight is 610 g/mol. The fraction of sp³-hybridized carbons (Fsp3) is 0.571. The number of esters is 2. The largest absolute Gasteiger partial charge is 0.428 e. The van der Waals surface area contributed by atoms with Crippen molar-refractivity contribution in [2.75, 3.05) is 35.4 Å². The van der Waals surface area contributed by atoms with Crippen LogP contribution in [0.5, 0.6) is 0 Å². The Balaban J connectivity index is 1.73. The van der Waals surface area contributed by atoms with Crippen LogP contribution in [-0.4, -0.2) is 49.1 Å². The topological polar surface area (TPSA) is 117 Å². The van der Waals surface area contributed by atoms with E-state index in [1.165, 1.54) is 0 Å². The predicted octanol–water partition coefficient (Wildman–Crippen LogP) is 7.24. The zero-order valence-electron chi connectivity index (χ0n) is 27.2. The molecule has 0 saturated heterocycles. The van der Waals surface area contributed by atoms with E-state index in [-0.39, 0.29) is 36.4 Å². The van der Waals surface area contributed by atoms with Crippen molar-refractivity contribution in [3.8, 4) is 0 Å². The molecule has 3 rings (SSSR count). The van der Waals surface area contributed by atoms with Gasteiger partial charge in [0.15, 0.2) is 0 Å². The van der Waals surface area contributed by atoms with Gasteiger partial charge in [-0.05, 0) is 86.6 Å². The SMILES string of the molecule is CC[C@@H](CC(=O)OCOC(=O)C1CCC(O)CC1)c1ccc(N(CC(C)C)CC(C)C)c(NC(=O)Nc2ccc(C)cc2)c1. The Morgan fingerprint density at radius 2 is 1.55 bits per heavy atom. The number of benzene rings is 2. The molecular formula is C35H51N3O6. The van der Waals surface area contributed by atoms with Gasteiger partial charge >= 0.3 is 18.0 Å². The normalized spacial score (nSPS) is 17.2. The number of ether oxygens (including phenoxy) is 2. The Hall–Kier alpha value is -3.59. The smallest absolute Gasteiger partial charge is 0.323 e. The molecule has 0 aromatic heterocycles. The first-order valence-electron chi connectivity index (χ1n) is 16.0. The van der Waals surface area contributed by atoms with Gasteiger partial charge in [-0.3, -0.25) is 9.59 Å². The molecular weight excluding hydrogens is 558 g/mol. The molecule has 242 valence electrons. The van der Waals surface area contributed by atoms with Gasteiger partial charge in [0, 0.05) is 18.8 Å². The molecule has 0 aliphatic heterocycles. The minimum absolute atomic E-state index is 0.111. The van der Waals surface area contributed by atoms with E-state index in [2.05, 4.69) is 43.2 Å². The molecule has 9 heteroatoms. The average Bonchev–Trinajstić information content (AvgIpc) is 2.96. The van der Waals surface area contributed by atoms with Crippen molar-refractivity contribution >= 4 is 35.0 Å². The lowest BCUT2D eigenvalue weighted by atomic mass is 9.88. The van der Waals surface area contributed by atoms with Gasteiger partial charge in [0.2, 0.25) is 6.79 Å². The van der Waals surface area contributed by atoms with Crippen molar-refractivity contribution in [1.82, 2.24) is 0 Å². The van der Waals surface area contributed by atoms with Crippen LogP contribution in [0.15, 0.2) is 42.5 Å². The second-order valence-corrected chi connectivity index (χ2v) is 12.8. The summed E-state index contributed by atoms with van der Waals surface area (Å²) in [5, 5.41) is 15.6. The second kappa shape index (κ2) is 17.0. The maximum Gasteiger partial charge on any atom is 0.323 e. The molecule has 3 N–H and O–H groups in total. The third-order valence-electron chi connectivity index (χ3n) is 7.92. The van der Waals surface area contributed by atoms with Gasteiger partial charge in [-0.2, -0.15) is 0 Å². The van der Waals surface area contributed by atoms with Crippen molar-refractivity contribution in [2.45, 2.75) is 92.1 Å². The number of urea groups is 1. The van der Waals surface area contributed by atoms with Crippen LogP contribution in [0.25, 0.3) is 0 Å². The molecule has 1 aliphatic carbocycles. The van der Waals surface area contributed by atoms with E-state index < -0.39 is 12.8 Å². The number of aliphatic hydroxyl groups excluding tert-OH is 1. The van der Waals surface area contributed by atoms with E-state index >= 15 is 0 Å². The lowest BCUT2D eigenvalue weighted by Crippen LogP contribution is -2.32. The Kier molecular flexibility index (Phi) is 13.5. The molecule has 0 radical (unpaired) electrons. The van der Waals surface area contributed by atoms with Gasteiger partial charge < -0.3 is 30.1 Å². The summed E-state index contributed by atoms with van der Waals surface area (Å²) >= 11 is 0. The number of aliphatic hydroxyl groups is 1. The minimum atomic E-state index is -0.458. The predicted molar refractivity (Wildman–Crippen MR) is 175 cm³/mol. The molecule has 0 bridgehead atoms. The molecule has 9 nitrogen and oxygen atoms in total. The van der Waals surface area contributed by atoms with Crippen molar-refractivity contribution in [3.63, 3.8) is 0 Å². The maximum atomic E-state index is 13.1. The number of nitrogens with zero attached hydrogens (tertiary/aromatic N) is 1. The highest BCUT2D eigenvalue weighted by Gasteiger charge is 2.27. The number of carbonyl (C=O) groups is 3. The number of nitrogens with one attached hydrogen (secondary N) is 2. The standard InChI is InChI=1S/C35H51N3O6/c1-7-26(19-33(40)43-22-44-34(41)27-10-15-30(39)16-11-27)28-12-17-32(38(20-23(2)3)21-24(4)5)31(18-28)37-35(42)36-29-13-8-25(6)9-14-29/h8-9,12-14,17-18,23-24,26-27,30,39H,7,10-11,15-16,19-22H2,1-6H3,(H2,36,37,42)/t26-,27?,30?/m0/s1. The highest BCUT2D eigenvalue weighted by Crippen LogP contribution is 2.34. The molecule has 0 heterocycles. The first kappa shape index (κ1) is 34.9. The highest BCUT2D eigenvalue weighted by molar-refractivity contribution is 6.02. The maximum absolute atomic E-state index is 13.1. The molecule has 1 atom stereocenters. The number of anilines is 3. The molecule has 2 aromatic rings. The fourth-order valence-corrected chi connectivity index (χ4v) is 5.60. The Labute approximate surface area is 262 Å². The minimum Gasteiger partial charge on any atom is -0.428 e. The van der Waals surface area contributed by atoms with E-state index in [4.69, 9.17) is 9.47 Å². The molecule has 0 unspecified atom stereocenters. The Bertz CT molecular complexity index is 1210. The zero-order valence-corrected chi connectivity index (χ0v) is 27.2. The van der Waals surface area contributed by atoms with E-state index in [0.717, 1.165) is 29.9 Å². The molecule has 1 aliphatic rings. The first-order valence-corrected chi connectivity index (χ1v) is 16.0. The molecule has 1 saturated carbocycles. The summed E-state index contributed by atoms with van der Waals surface area (Å²) in [7, 11) is 0. The van der Waals surface area contributed by atoms with E-state index in [1.54, 1.807) is 0 Å². The van der Waals surface area contributed by atoms with Crippen LogP contribution in [0.1, 0.15) is 90.2 Å². The summed E-state index contributed by atoms with van der Waals surface area (Å²) in [6.07, 6.45) is 2.74. The summed E-state index contributed by atoms with van der Waals surface area (Å²) < 4.78 is 10.5. The van der Waals surface area contributed by atoms with Gasteiger partial charge in [-0.15, -0.1) is 0 Å². The van der Waals surface area contributed by atoms with Crippen LogP contribution in [0, 0.1) is 24.7 Å². The van der Waals surface area contributed by atoms with Gasteiger partial charge in [0.25, 0.3) is 0 Å². The molecule has 44 heavy (non-hydrogen) atoms. The van der Waals surface area contributed by atoms with Crippen molar-refractivity contribution < 1.29 is 29.0 Å². The van der Waals surface area contributed by atoms with Gasteiger partial charge in [0.05, 0.1) is 29.8 Å². The van der Waals surface area contributed by atoms with Crippen LogP contribution in [0.3, 0.4) is 0 Å². The van der Waals surface area contributed by atoms with Gasteiger partial charge in [-0.25, -0.2) is 4.79 Å². The van der Waals surface area contributed by atoms with E-state index in [9.17, 15) is 19.5 Å². The number of hydrogen-bond acceptors (Lipinski definition) is 7. The summed E-state index contributed by atoms with van der Waals surface area (Å²) in [4.78, 5) is 40.5. The molecule has 0 spiro atoms. The zero-order chi connectivity index (χ0) is 32.2. The summed E-state index contributed by atoms with van der Waals surface area (Å²) in [5.74, 6) is -0.435. The molecule has 1 fully saturated rings. The number of amides is 2. The second-order valence-electron chi connectivity index (χ2n) is 12.8. The van der Waals surface area contributed by atoms with Crippen molar-refractivity contribution in [2.24, 2.45) is 17.8 Å². The quantitative estimate of drug-likeness (QED) is 0.153. The van der Waals surface area contributed by atoms with Crippen LogP contribution in [-0.2, 0) is 19.1 Å². The van der Waals surface area contributed by atoms with E-state index in [0.29, 0.717) is 55.3 Å². The third-order valence-corrected chi connectivity index (χ3v) is 7.92. The molecule has 2 aromatic carbocycles. The van der Waals surface area contributed by atoms with Crippen molar-refractivity contribution in [3.05, 3.63) is 53.6 Å². The number of carbonyl (C=O) groups excluding carboxylic acids is 3. The number of aryl methyl sites for hydroxylation is 1. The summed E-state index contributed by atoms with van der Waals surface area (Å²) in [6.45, 7) is 13.9. The van der Waals surface area contributed by atoms with Gasteiger partial charge in [0.1, 0.15) is 0 Å². The summed E-state index contributed by atoms with van der Waals surface area (Å²) in [6, 6.07) is 13.3. The van der Waals surface area contributed by atoms with Crippen LogP contribution < -0.4 is 15.5 Å². The number of hydrogen-bond donors (Lipinski definition) is 3. The monoisotopic (exact) mass is 609 g/mol. The van der Waals surface area contributed by atoms with Crippen LogP contribution in [0.2, 0.25) is 0 Å². The summed E-state index contributed by atoms with van der Waals surface area (Å²) in [5.41, 5.74) is 4.31. The molecule has 2 amide bonds. The lowest BCUT2D eigenvalue weighted by Gasteiger charge is -2.31. The Morgan fingerprint density at radius 1 is 0.909 bits per heavy atom. The van der Waals surface area contributed by atoms with Crippen molar-refractivity contribution in [1.29, 1.82) is 0 Å². The third kappa shape index (κ3) is 11.2. The van der Waals surface area contributed by atoms with E-state index in [1.807, 2.05) is 56.3 Å². The lowest BCUT2D eigenvalue weighted by molar-refractivity contribution is -0.171. The number of rotatable bonds is 14. The Morgan fingerprint density at radius 3 is 2.14 bits per heavy atom. The first-order chi connectivity index (χ1) is 20.9. The van der Waals surface area contributed by atoms with Gasteiger partial charge in [-0.1, -0.05) is 58.4 Å².